The molecule has 17 heavy (non-hydrogen) atoms. The van der Waals surface area contributed by atoms with Crippen molar-refractivity contribution in [2.24, 2.45) is 22.7 Å². The maximum Gasteiger partial charge on any atom is 0.0643 e. The van der Waals surface area contributed by atoms with Crippen LogP contribution in [0, 0.1) is 17.8 Å². The van der Waals surface area contributed by atoms with Gasteiger partial charge in [-0.05, 0) is 24.2 Å². The smallest absolute Gasteiger partial charge is 0.0643 e. The van der Waals surface area contributed by atoms with Crippen molar-refractivity contribution in [1.82, 2.24) is 0 Å². The van der Waals surface area contributed by atoms with E-state index in [9.17, 15) is 0 Å². The molecule has 3 unspecified atom stereocenters. The summed E-state index contributed by atoms with van der Waals surface area (Å²) >= 11 is 2.19. The van der Waals surface area contributed by atoms with E-state index in [1.54, 1.807) is 0 Å². The molecule has 0 spiro atoms. The fourth-order valence-corrected chi connectivity index (χ4v) is 4.47. The van der Waals surface area contributed by atoms with Crippen molar-refractivity contribution in [1.29, 1.82) is 0 Å². The van der Waals surface area contributed by atoms with Crippen LogP contribution in [0.4, 0.5) is 0 Å². The van der Waals surface area contributed by atoms with E-state index in [2.05, 4.69) is 60.2 Å². The van der Waals surface area contributed by atoms with Gasteiger partial charge in [0.1, 0.15) is 0 Å². The average molecular weight is 255 g/mol. The number of aliphatic imine (C=N–C) groups is 1. The first-order valence-corrected chi connectivity index (χ1v) is 8.04. The molecule has 0 radical (unpaired) electrons. The fraction of sp³-hybridized carbons (Fsp3) is 0.933. The lowest BCUT2D eigenvalue weighted by molar-refractivity contribution is 0.413. The lowest BCUT2D eigenvalue weighted by atomic mass is 9.93. The monoisotopic (exact) mass is 255 g/mol. The van der Waals surface area contributed by atoms with Crippen LogP contribution in [-0.4, -0.2) is 22.3 Å². The highest BCUT2D eigenvalue weighted by molar-refractivity contribution is 8.01. The lowest BCUT2D eigenvalue weighted by Gasteiger charge is -2.39. The number of thioether (sulfide) groups is 1. The molecule has 0 bridgehead atoms. The summed E-state index contributed by atoms with van der Waals surface area (Å²) in [5, 5.41) is 1.33. The summed E-state index contributed by atoms with van der Waals surface area (Å²) in [6.07, 6.45) is 1.11. The third-order valence-corrected chi connectivity index (χ3v) is 5.84. The van der Waals surface area contributed by atoms with Crippen LogP contribution < -0.4 is 0 Å². The Hall–Kier alpha value is 0.0200. The van der Waals surface area contributed by atoms with E-state index in [1.807, 2.05) is 0 Å². The van der Waals surface area contributed by atoms with Gasteiger partial charge in [0.2, 0.25) is 0 Å². The van der Waals surface area contributed by atoms with Crippen LogP contribution in [-0.2, 0) is 0 Å². The number of rotatable bonds is 4. The molecule has 1 rings (SSSR count). The Kier molecular flexibility index (Phi) is 5.56. The average Bonchev–Trinajstić information content (AvgIpc) is 2.26. The van der Waals surface area contributed by atoms with Crippen molar-refractivity contribution >= 4 is 17.5 Å². The summed E-state index contributed by atoms with van der Waals surface area (Å²) in [6.45, 7) is 16.2. The highest BCUT2D eigenvalue weighted by Gasteiger charge is 2.36. The molecule has 0 aromatic heterocycles. The molecule has 3 atom stereocenters. The number of nitrogens with zero attached hydrogens (tertiary/aromatic N) is 1. The van der Waals surface area contributed by atoms with Gasteiger partial charge in [-0.3, -0.25) is 4.99 Å². The van der Waals surface area contributed by atoms with E-state index in [4.69, 9.17) is 4.99 Å². The molecule has 1 aliphatic rings. The van der Waals surface area contributed by atoms with Crippen molar-refractivity contribution < 1.29 is 0 Å². The van der Waals surface area contributed by atoms with E-state index < -0.39 is 0 Å². The first kappa shape index (κ1) is 15.1. The van der Waals surface area contributed by atoms with Crippen LogP contribution in [0.1, 0.15) is 54.9 Å². The minimum atomic E-state index is 0.518. The molecule has 1 heterocycles. The minimum absolute atomic E-state index is 0.518. The Morgan fingerprint density at radius 3 is 1.94 bits per heavy atom. The van der Waals surface area contributed by atoms with Crippen molar-refractivity contribution in [2.45, 2.75) is 71.4 Å². The first-order chi connectivity index (χ1) is 7.88. The third kappa shape index (κ3) is 3.49. The molecule has 0 aromatic rings. The molecule has 0 amide bonds. The Labute approximate surface area is 112 Å². The van der Waals surface area contributed by atoms with Gasteiger partial charge >= 0.3 is 0 Å². The van der Waals surface area contributed by atoms with Gasteiger partial charge in [-0.15, -0.1) is 11.8 Å². The van der Waals surface area contributed by atoms with Crippen molar-refractivity contribution in [3.05, 3.63) is 0 Å². The first-order valence-electron chi connectivity index (χ1n) is 7.10. The molecule has 0 saturated heterocycles. The molecule has 1 aliphatic heterocycles. The summed E-state index contributed by atoms with van der Waals surface area (Å²) in [4.78, 5) is 5.10. The molecular weight excluding hydrogens is 226 g/mol. The predicted molar refractivity (Wildman–Crippen MR) is 81.2 cm³/mol. The molecule has 0 N–H and O–H groups in total. The molecule has 0 aliphatic carbocycles. The summed E-state index contributed by atoms with van der Waals surface area (Å²) in [5.41, 5.74) is 1.45. The minimum Gasteiger partial charge on any atom is -0.288 e. The van der Waals surface area contributed by atoms with Crippen molar-refractivity contribution in [3.63, 3.8) is 0 Å². The van der Waals surface area contributed by atoms with Gasteiger partial charge < -0.3 is 0 Å². The van der Waals surface area contributed by atoms with Crippen LogP contribution in [0.25, 0.3) is 0 Å². The highest BCUT2D eigenvalue weighted by Crippen LogP contribution is 2.39. The largest absolute Gasteiger partial charge is 0.288 e. The molecule has 1 nitrogen and oxygen atoms in total. The number of hydrogen-bond donors (Lipinski definition) is 0. The summed E-state index contributed by atoms with van der Waals surface area (Å²) in [5.74, 6) is 2.08. The topological polar surface area (TPSA) is 12.4 Å². The summed E-state index contributed by atoms with van der Waals surface area (Å²) in [6, 6.07) is 0.518. The van der Waals surface area contributed by atoms with E-state index in [0.717, 1.165) is 12.3 Å². The number of hydrogen-bond acceptors (Lipinski definition) is 2. The van der Waals surface area contributed by atoms with Gasteiger partial charge in [0.15, 0.2) is 0 Å². The van der Waals surface area contributed by atoms with Gasteiger partial charge in [0, 0.05) is 16.2 Å². The second-order valence-corrected chi connectivity index (χ2v) is 7.54. The zero-order chi connectivity index (χ0) is 13.2. The quantitative estimate of drug-likeness (QED) is 0.712. The second kappa shape index (κ2) is 6.26. The van der Waals surface area contributed by atoms with Crippen LogP contribution in [0.5, 0.6) is 0 Å². The Bertz CT molecular complexity index is 268. The molecule has 0 fully saturated rings. The Morgan fingerprint density at radius 2 is 1.59 bits per heavy atom. The molecule has 0 saturated carbocycles. The highest BCUT2D eigenvalue weighted by atomic mass is 32.2. The zero-order valence-corrected chi connectivity index (χ0v) is 13.3. The van der Waals surface area contributed by atoms with Crippen LogP contribution in [0.3, 0.4) is 0 Å². The molecule has 2 heteroatoms. The van der Waals surface area contributed by atoms with Gasteiger partial charge in [-0.25, -0.2) is 0 Å². The van der Waals surface area contributed by atoms with E-state index >= 15 is 0 Å². The van der Waals surface area contributed by atoms with Crippen LogP contribution in [0.15, 0.2) is 4.99 Å². The molecule has 0 aromatic carbocycles. The second-order valence-electron chi connectivity index (χ2n) is 6.22. The van der Waals surface area contributed by atoms with Gasteiger partial charge in [0.05, 0.1) is 6.04 Å². The maximum atomic E-state index is 5.10. The van der Waals surface area contributed by atoms with Gasteiger partial charge in [0.25, 0.3) is 0 Å². The zero-order valence-electron chi connectivity index (χ0n) is 12.5. The normalized spacial score (nSPS) is 30.2. The SMILES string of the molecule is CCC1=NC(C(C)C)C(C(C)C)SC1C(C)C. The van der Waals surface area contributed by atoms with Crippen LogP contribution >= 0.6 is 11.8 Å². The van der Waals surface area contributed by atoms with E-state index in [1.165, 1.54) is 5.71 Å². The summed E-state index contributed by atoms with van der Waals surface area (Å²) in [7, 11) is 0. The third-order valence-electron chi connectivity index (χ3n) is 3.59. The fourth-order valence-electron chi connectivity index (χ4n) is 2.58. The van der Waals surface area contributed by atoms with Gasteiger partial charge in [-0.2, -0.15) is 0 Å². The Morgan fingerprint density at radius 1 is 1.00 bits per heavy atom. The molecule has 100 valence electrons. The van der Waals surface area contributed by atoms with E-state index in [0.29, 0.717) is 28.4 Å². The standard InChI is InChI=1S/C15H29NS/c1-8-12-14(10(4)5)17-15(11(6)7)13(16-12)9(2)3/h9-11,13-15H,8H2,1-7H3. The maximum absolute atomic E-state index is 5.10. The molecular formula is C15H29NS. The Balaban J connectivity index is 3.01. The predicted octanol–water partition coefficient (Wildman–Crippen LogP) is 4.66. The lowest BCUT2D eigenvalue weighted by Crippen LogP contribution is -2.41. The van der Waals surface area contributed by atoms with Crippen molar-refractivity contribution in [3.8, 4) is 0 Å². The van der Waals surface area contributed by atoms with Crippen molar-refractivity contribution in [2.75, 3.05) is 0 Å². The summed E-state index contributed by atoms with van der Waals surface area (Å²) < 4.78 is 0. The van der Waals surface area contributed by atoms with E-state index in [-0.39, 0.29) is 0 Å². The van der Waals surface area contributed by atoms with Gasteiger partial charge in [-0.1, -0.05) is 48.5 Å². The van der Waals surface area contributed by atoms with Crippen LogP contribution in [0.2, 0.25) is 0 Å².